The molecule has 1 aromatic heterocycles. The van der Waals surface area contributed by atoms with Gasteiger partial charge in [-0.15, -0.1) is 0 Å². The van der Waals surface area contributed by atoms with Crippen LogP contribution in [0.5, 0.6) is 0 Å². The lowest BCUT2D eigenvalue weighted by Crippen LogP contribution is -2.30. The predicted octanol–water partition coefficient (Wildman–Crippen LogP) is 5.26. The van der Waals surface area contributed by atoms with Crippen molar-refractivity contribution in [1.29, 1.82) is 0 Å². The van der Waals surface area contributed by atoms with Gasteiger partial charge in [-0.2, -0.15) is 0 Å². The second-order valence-corrected chi connectivity index (χ2v) is 7.75. The Balaban J connectivity index is 1.91. The van der Waals surface area contributed by atoms with E-state index in [1.54, 1.807) is 17.0 Å². The Kier molecular flexibility index (Phi) is 4.80. The monoisotopic (exact) mass is 375 g/mol. The van der Waals surface area contributed by atoms with Crippen LogP contribution in [0.3, 0.4) is 0 Å². The Labute approximate surface area is 164 Å². The van der Waals surface area contributed by atoms with Gasteiger partial charge < -0.3 is 9.32 Å². The first kappa shape index (κ1) is 18.5. The summed E-state index contributed by atoms with van der Waals surface area (Å²) in [4.78, 5) is 28.2. The van der Waals surface area contributed by atoms with Gasteiger partial charge in [0.05, 0.1) is 17.0 Å². The summed E-state index contributed by atoms with van der Waals surface area (Å²) in [6.45, 7) is 7.00. The van der Waals surface area contributed by atoms with Crippen molar-refractivity contribution in [3.63, 3.8) is 0 Å². The number of fused-ring (bicyclic) bond motifs is 2. The highest BCUT2D eigenvalue weighted by atomic mass is 16.3. The van der Waals surface area contributed by atoms with Crippen molar-refractivity contribution < 1.29 is 9.21 Å². The van der Waals surface area contributed by atoms with E-state index in [4.69, 9.17) is 4.42 Å². The van der Waals surface area contributed by atoms with Crippen molar-refractivity contribution in [2.24, 2.45) is 0 Å². The van der Waals surface area contributed by atoms with Gasteiger partial charge >= 0.3 is 0 Å². The van der Waals surface area contributed by atoms with Gasteiger partial charge in [-0.05, 0) is 35.6 Å². The van der Waals surface area contributed by atoms with Crippen LogP contribution in [0.25, 0.3) is 11.0 Å². The summed E-state index contributed by atoms with van der Waals surface area (Å²) in [5, 5.41) is 0.523. The number of unbranched alkanes of at least 4 members (excludes halogenated alkanes) is 1. The first-order valence-corrected chi connectivity index (χ1v) is 9.99. The van der Waals surface area contributed by atoms with E-state index < -0.39 is 6.04 Å². The van der Waals surface area contributed by atoms with Crippen LogP contribution in [-0.2, 0) is 0 Å². The standard InChI is InChI=1S/C24H25NO3/c1-4-5-14-25-21(17-12-10-16(11-13-17)15(2)3)20-22(26)18-8-6-7-9-19(18)28-23(20)24(25)27/h6-13,15,21H,4-5,14H2,1-3H3/t21-/m1/s1. The van der Waals surface area contributed by atoms with Crippen molar-refractivity contribution >= 4 is 16.9 Å². The molecule has 3 aromatic rings. The summed E-state index contributed by atoms with van der Waals surface area (Å²) < 4.78 is 5.93. The largest absolute Gasteiger partial charge is 0.450 e. The molecule has 2 heterocycles. The average molecular weight is 375 g/mol. The van der Waals surface area contributed by atoms with Gasteiger partial charge in [0.15, 0.2) is 5.43 Å². The maximum Gasteiger partial charge on any atom is 0.290 e. The van der Waals surface area contributed by atoms with Crippen LogP contribution in [0, 0.1) is 0 Å². The number of carbonyl (C=O) groups excluding carboxylic acids is 1. The number of nitrogens with zero attached hydrogens (tertiary/aromatic N) is 1. The van der Waals surface area contributed by atoms with E-state index in [2.05, 4.69) is 32.9 Å². The lowest BCUT2D eigenvalue weighted by atomic mass is 9.95. The minimum atomic E-state index is -0.392. The first-order chi connectivity index (χ1) is 13.5. The number of rotatable bonds is 5. The van der Waals surface area contributed by atoms with Gasteiger partial charge in [0.2, 0.25) is 5.76 Å². The molecule has 1 atom stereocenters. The van der Waals surface area contributed by atoms with E-state index in [1.165, 1.54) is 5.56 Å². The second kappa shape index (κ2) is 7.27. The van der Waals surface area contributed by atoms with Crippen LogP contribution in [0.1, 0.15) is 72.8 Å². The van der Waals surface area contributed by atoms with Gasteiger partial charge in [0, 0.05) is 6.54 Å². The first-order valence-electron chi connectivity index (χ1n) is 9.99. The molecule has 0 unspecified atom stereocenters. The third kappa shape index (κ3) is 2.93. The molecule has 1 aliphatic heterocycles. The molecule has 0 N–H and O–H groups in total. The molecule has 2 aromatic carbocycles. The van der Waals surface area contributed by atoms with Crippen molar-refractivity contribution in [2.45, 2.75) is 45.6 Å². The van der Waals surface area contributed by atoms with E-state index in [-0.39, 0.29) is 17.1 Å². The number of amides is 1. The van der Waals surface area contributed by atoms with Crippen LogP contribution >= 0.6 is 0 Å². The Hall–Kier alpha value is -2.88. The van der Waals surface area contributed by atoms with E-state index in [9.17, 15) is 9.59 Å². The molecular formula is C24H25NO3. The Morgan fingerprint density at radius 3 is 2.43 bits per heavy atom. The fraction of sp³-hybridized carbons (Fsp3) is 0.333. The van der Waals surface area contributed by atoms with Crippen molar-refractivity contribution in [3.05, 3.63) is 81.2 Å². The fourth-order valence-corrected chi connectivity index (χ4v) is 3.94. The minimum absolute atomic E-state index is 0.109. The van der Waals surface area contributed by atoms with Gasteiger partial charge in [-0.25, -0.2) is 0 Å². The number of hydrogen-bond acceptors (Lipinski definition) is 3. The second-order valence-electron chi connectivity index (χ2n) is 7.75. The molecule has 0 saturated heterocycles. The lowest BCUT2D eigenvalue weighted by molar-refractivity contribution is 0.0725. The van der Waals surface area contributed by atoms with Crippen LogP contribution in [0.2, 0.25) is 0 Å². The SMILES string of the molecule is CCCCN1C(=O)c2oc3ccccc3c(=O)c2[C@H]1c1ccc(C(C)C)cc1. The topological polar surface area (TPSA) is 50.5 Å². The van der Waals surface area contributed by atoms with Crippen molar-refractivity contribution in [1.82, 2.24) is 4.90 Å². The van der Waals surface area contributed by atoms with Crippen LogP contribution < -0.4 is 5.43 Å². The van der Waals surface area contributed by atoms with Crippen molar-refractivity contribution in [2.75, 3.05) is 6.54 Å². The van der Waals surface area contributed by atoms with Crippen LogP contribution in [-0.4, -0.2) is 17.4 Å². The average Bonchev–Trinajstić information content (AvgIpc) is 2.99. The quantitative estimate of drug-likeness (QED) is 0.611. The minimum Gasteiger partial charge on any atom is -0.450 e. The summed E-state index contributed by atoms with van der Waals surface area (Å²) in [5.74, 6) is 0.429. The summed E-state index contributed by atoms with van der Waals surface area (Å²) >= 11 is 0. The molecule has 4 heteroatoms. The smallest absolute Gasteiger partial charge is 0.290 e. The highest BCUT2D eigenvalue weighted by molar-refractivity contribution is 5.99. The Morgan fingerprint density at radius 2 is 1.75 bits per heavy atom. The highest BCUT2D eigenvalue weighted by Gasteiger charge is 2.42. The van der Waals surface area contributed by atoms with E-state index >= 15 is 0 Å². The zero-order chi connectivity index (χ0) is 19.8. The maximum absolute atomic E-state index is 13.3. The number of benzene rings is 2. The zero-order valence-electron chi connectivity index (χ0n) is 16.6. The van der Waals surface area contributed by atoms with Gasteiger partial charge in [0.25, 0.3) is 5.91 Å². The molecular weight excluding hydrogens is 350 g/mol. The molecule has 0 spiro atoms. The number of hydrogen-bond donors (Lipinski definition) is 0. The van der Waals surface area contributed by atoms with Crippen LogP contribution in [0.4, 0.5) is 0 Å². The normalized spacial score (nSPS) is 16.2. The van der Waals surface area contributed by atoms with E-state index in [0.717, 1.165) is 18.4 Å². The number of para-hydroxylation sites is 1. The molecule has 1 aliphatic rings. The molecule has 1 amide bonds. The molecule has 144 valence electrons. The van der Waals surface area contributed by atoms with Crippen molar-refractivity contribution in [3.8, 4) is 0 Å². The van der Waals surface area contributed by atoms with Gasteiger partial charge in [-0.3, -0.25) is 9.59 Å². The summed E-state index contributed by atoms with van der Waals surface area (Å²) in [6.07, 6.45) is 1.86. The van der Waals surface area contributed by atoms with Gasteiger partial charge in [-0.1, -0.05) is 63.6 Å². The molecule has 0 radical (unpaired) electrons. The third-order valence-corrected chi connectivity index (χ3v) is 5.54. The molecule has 0 aliphatic carbocycles. The fourth-order valence-electron chi connectivity index (χ4n) is 3.94. The summed E-state index contributed by atoms with van der Waals surface area (Å²) in [7, 11) is 0. The molecule has 0 bridgehead atoms. The molecule has 4 nitrogen and oxygen atoms in total. The van der Waals surface area contributed by atoms with Crippen LogP contribution in [0.15, 0.2) is 57.7 Å². The Morgan fingerprint density at radius 1 is 1.04 bits per heavy atom. The summed E-state index contributed by atoms with van der Waals surface area (Å²) in [5.41, 5.74) is 3.01. The third-order valence-electron chi connectivity index (χ3n) is 5.54. The molecule has 0 fully saturated rings. The predicted molar refractivity (Wildman–Crippen MR) is 111 cm³/mol. The van der Waals surface area contributed by atoms with E-state index in [1.807, 2.05) is 24.3 Å². The summed E-state index contributed by atoms with van der Waals surface area (Å²) in [6, 6.07) is 15.0. The van der Waals surface area contributed by atoms with Gasteiger partial charge in [0.1, 0.15) is 5.58 Å². The zero-order valence-corrected chi connectivity index (χ0v) is 16.6. The highest BCUT2D eigenvalue weighted by Crippen LogP contribution is 2.38. The lowest BCUT2D eigenvalue weighted by Gasteiger charge is -2.25. The van der Waals surface area contributed by atoms with E-state index in [0.29, 0.717) is 29.0 Å². The molecule has 28 heavy (non-hydrogen) atoms. The Bertz CT molecular complexity index is 1080. The number of carbonyl (C=O) groups is 1. The molecule has 0 saturated carbocycles. The molecule has 4 rings (SSSR count). The maximum atomic E-state index is 13.3.